The van der Waals surface area contributed by atoms with Crippen molar-refractivity contribution in [3.8, 4) is 5.75 Å². The molecule has 2 aromatic rings. The summed E-state index contributed by atoms with van der Waals surface area (Å²) in [6.45, 7) is 1.39. The minimum atomic E-state index is -0.327. The molecule has 1 aliphatic heterocycles. The molecule has 22 heavy (non-hydrogen) atoms. The molecule has 0 radical (unpaired) electrons. The molecule has 0 unspecified atom stereocenters. The number of phenols is 1. The lowest BCUT2D eigenvalue weighted by molar-refractivity contribution is -0.129. The molecule has 0 saturated carbocycles. The summed E-state index contributed by atoms with van der Waals surface area (Å²) in [7, 11) is 0. The van der Waals surface area contributed by atoms with E-state index in [9.17, 15) is 14.7 Å². The number of fused-ring (bicyclic) bond motifs is 1. The maximum Gasteiger partial charge on any atom is 0.230 e. The fraction of sp³-hybridized carbons (Fsp3) is 0.294. The van der Waals surface area contributed by atoms with Crippen LogP contribution in [-0.4, -0.2) is 46.3 Å². The second-order valence-electron chi connectivity index (χ2n) is 5.28. The Morgan fingerprint density at radius 3 is 2.59 bits per heavy atom. The molecule has 0 aliphatic carbocycles. The van der Waals surface area contributed by atoms with E-state index < -0.39 is 0 Å². The van der Waals surface area contributed by atoms with E-state index in [2.05, 4.69) is 0 Å². The number of nitrogens with zero attached hydrogens (tertiary/aromatic N) is 1. The Bertz CT molecular complexity index is 723. The van der Waals surface area contributed by atoms with E-state index >= 15 is 0 Å². The van der Waals surface area contributed by atoms with Gasteiger partial charge in [0.25, 0.3) is 0 Å². The fourth-order valence-corrected chi connectivity index (χ4v) is 3.54. The summed E-state index contributed by atoms with van der Waals surface area (Å²) in [5.41, 5.74) is 0.221. The van der Waals surface area contributed by atoms with Crippen LogP contribution in [0.4, 0.5) is 0 Å². The quantitative estimate of drug-likeness (QED) is 0.699. The van der Waals surface area contributed by atoms with Crippen LogP contribution in [0.15, 0.2) is 36.4 Å². The number of thioether (sulfide) groups is 1. The summed E-state index contributed by atoms with van der Waals surface area (Å²) in [6.07, 6.45) is -0.184. The molecule has 0 spiro atoms. The van der Waals surface area contributed by atoms with Gasteiger partial charge >= 0.3 is 0 Å². The Hall–Kier alpha value is -2.01. The lowest BCUT2D eigenvalue weighted by Gasteiger charge is -2.26. The third kappa shape index (κ3) is 2.95. The Balaban J connectivity index is 1.80. The summed E-state index contributed by atoms with van der Waals surface area (Å²) in [6, 6.07) is 10.7. The van der Waals surface area contributed by atoms with Gasteiger partial charge in [0.15, 0.2) is 5.78 Å². The van der Waals surface area contributed by atoms with Crippen LogP contribution >= 0.6 is 11.8 Å². The normalized spacial score (nSPS) is 15.0. The summed E-state index contributed by atoms with van der Waals surface area (Å²) < 4.78 is 0. The minimum absolute atomic E-state index is 0.0369. The summed E-state index contributed by atoms with van der Waals surface area (Å²) >= 11 is 1.82. The van der Waals surface area contributed by atoms with E-state index in [1.54, 1.807) is 23.1 Å². The molecular formula is C17H17NO3S. The molecule has 1 heterocycles. The third-order valence-electron chi connectivity index (χ3n) is 3.88. The van der Waals surface area contributed by atoms with Gasteiger partial charge in [-0.25, -0.2) is 0 Å². The second-order valence-corrected chi connectivity index (χ2v) is 6.50. The van der Waals surface area contributed by atoms with Crippen LogP contribution in [0.1, 0.15) is 16.8 Å². The Labute approximate surface area is 133 Å². The number of carbonyl (C=O) groups is 2. The van der Waals surface area contributed by atoms with Crippen LogP contribution in [0.5, 0.6) is 5.75 Å². The average molecular weight is 315 g/mol. The van der Waals surface area contributed by atoms with Crippen molar-refractivity contribution in [3.05, 3.63) is 42.0 Å². The van der Waals surface area contributed by atoms with Crippen molar-refractivity contribution in [3.63, 3.8) is 0 Å². The van der Waals surface area contributed by atoms with Gasteiger partial charge in [-0.15, -0.1) is 0 Å². The monoisotopic (exact) mass is 315 g/mol. The van der Waals surface area contributed by atoms with Crippen LogP contribution in [0, 0.1) is 0 Å². The lowest BCUT2D eigenvalue weighted by atomic mass is 10.0. The predicted molar refractivity (Wildman–Crippen MR) is 88.5 cm³/mol. The average Bonchev–Trinajstić information content (AvgIpc) is 2.56. The SMILES string of the molecule is O=C(CC(=O)N1CCSCC1)c1ccc2ccccc2c1O. The zero-order chi connectivity index (χ0) is 15.5. The molecule has 1 aliphatic rings. The number of Topliss-reactive ketones (excluding diaryl/α,β-unsaturated/α-hetero) is 1. The number of carbonyl (C=O) groups excluding carboxylic acids is 2. The maximum absolute atomic E-state index is 12.3. The highest BCUT2D eigenvalue weighted by atomic mass is 32.2. The van der Waals surface area contributed by atoms with Crippen molar-refractivity contribution in [2.45, 2.75) is 6.42 Å². The van der Waals surface area contributed by atoms with Gasteiger partial charge in [0.05, 0.1) is 12.0 Å². The first-order valence-corrected chi connectivity index (χ1v) is 8.42. The van der Waals surface area contributed by atoms with Crippen molar-refractivity contribution in [2.24, 2.45) is 0 Å². The van der Waals surface area contributed by atoms with Gasteiger partial charge < -0.3 is 10.0 Å². The highest BCUT2D eigenvalue weighted by Gasteiger charge is 2.22. The van der Waals surface area contributed by atoms with Crippen LogP contribution in [0.3, 0.4) is 0 Å². The molecule has 1 saturated heterocycles. The van der Waals surface area contributed by atoms with Gasteiger partial charge in [0.1, 0.15) is 5.75 Å². The first-order chi connectivity index (χ1) is 10.7. The number of hydrogen-bond donors (Lipinski definition) is 1. The zero-order valence-corrected chi connectivity index (χ0v) is 12.9. The smallest absolute Gasteiger partial charge is 0.230 e. The molecule has 1 amide bonds. The second kappa shape index (κ2) is 6.40. The van der Waals surface area contributed by atoms with Crippen LogP contribution < -0.4 is 0 Å². The summed E-state index contributed by atoms with van der Waals surface area (Å²) in [5.74, 6) is 1.32. The minimum Gasteiger partial charge on any atom is -0.507 e. The molecular weight excluding hydrogens is 298 g/mol. The summed E-state index contributed by atoms with van der Waals surface area (Å²) in [5, 5.41) is 11.8. The third-order valence-corrected chi connectivity index (χ3v) is 4.82. The molecule has 3 rings (SSSR count). The van der Waals surface area contributed by atoms with Crippen LogP contribution in [0.2, 0.25) is 0 Å². The van der Waals surface area contributed by atoms with Crippen molar-refractivity contribution >= 4 is 34.2 Å². The van der Waals surface area contributed by atoms with Crippen molar-refractivity contribution in [2.75, 3.05) is 24.6 Å². The topological polar surface area (TPSA) is 57.6 Å². The van der Waals surface area contributed by atoms with Gasteiger partial charge in [0.2, 0.25) is 5.91 Å². The molecule has 1 N–H and O–H groups in total. The summed E-state index contributed by atoms with van der Waals surface area (Å²) in [4.78, 5) is 26.2. The Morgan fingerprint density at radius 1 is 1.09 bits per heavy atom. The van der Waals surface area contributed by atoms with Gasteiger partial charge in [-0.3, -0.25) is 9.59 Å². The number of hydrogen-bond acceptors (Lipinski definition) is 4. The van der Waals surface area contributed by atoms with Crippen molar-refractivity contribution < 1.29 is 14.7 Å². The fourth-order valence-electron chi connectivity index (χ4n) is 2.64. The maximum atomic E-state index is 12.3. The number of phenolic OH excluding ortho intramolecular Hbond substituents is 1. The van der Waals surface area contributed by atoms with E-state index in [-0.39, 0.29) is 29.4 Å². The highest BCUT2D eigenvalue weighted by molar-refractivity contribution is 7.99. The molecule has 0 atom stereocenters. The lowest BCUT2D eigenvalue weighted by Crippen LogP contribution is -2.38. The van der Waals surface area contributed by atoms with Gasteiger partial charge in [-0.05, 0) is 11.5 Å². The van der Waals surface area contributed by atoms with Crippen LogP contribution in [-0.2, 0) is 4.79 Å². The standard InChI is InChI=1S/C17H17NO3S/c19-15(11-16(20)18-7-9-22-10-8-18)14-6-5-12-3-1-2-4-13(12)17(14)21/h1-6,21H,7-11H2. The molecule has 2 aromatic carbocycles. The van der Waals surface area contributed by atoms with Gasteiger partial charge in [-0.2, -0.15) is 11.8 Å². The zero-order valence-electron chi connectivity index (χ0n) is 12.1. The first-order valence-electron chi connectivity index (χ1n) is 7.26. The number of ketones is 1. The van der Waals surface area contributed by atoms with E-state index in [0.29, 0.717) is 18.5 Å². The van der Waals surface area contributed by atoms with Crippen molar-refractivity contribution in [1.82, 2.24) is 4.90 Å². The van der Waals surface area contributed by atoms with Crippen LogP contribution in [0.25, 0.3) is 10.8 Å². The molecule has 0 bridgehead atoms. The number of rotatable bonds is 3. The first kappa shape index (κ1) is 14.9. The van der Waals surface area contributed by atoms with Gasteiger partial charge in [-0.1, -0.05) is 30.3 Å². The largest absolute Gasteiger partial charge is 0.507 e. The highest BCUT2D eigenvalue weighted by Crippen LogP contribution is 2.29. The predicted octanol–water partition coefficient (Wildman–Crippen LogP) is 2.69. The Kier molecular flexibility index (Phi) is 4.34. The molecule has 0 aromatic heterocycles. The Morgan fingerprint density at radius 2 is 1.82 bits per heavy atom. The number of amides is 1. The number of benzene rings is 2. The van der Waals surface area contributed by atoms with E-state index in [0.717, 1.165) is 16.9 Å². The molecule has 1 fully saturated rings. The van der Waals surface area contributed by atoms with E-state index in [1.165, 1.54) is 0 Å². The van der Waals surface area contributed by atoms with Gasteiger partial charge in [0, 0.05) is 30.0 Å². The molecule has 5 heteroatoms. The van der Waals surface area contributed by atoms with E-state index in [1.807, 2.05) is 30.0 Å². The van der Waals surface area contributed by atoms with Crippen molar-refractivity contribution in [1.29, 1.82) is 0 Å². The molecule has 4 nitrogen and oxygen atoms in total. The number of aromatic hydroxyl groups is 1. The van der Waals surface area contributed by atoms with E-state index in [4.69, 9.17) is 0 Å². The molecule has 114 valence electrons.